The van der Waals surface area contributed by atoms with Crippen molar-refractivity contribution in [1.29, 1.82) is 0 Å². The molecule has 1 amide bonds. The van der Waals surface area contributed by atoms with Crippen molar-refractivity contribution in [2.75, 3.05) is 6.54 Å². The molecule has 0 spiro atoms. The van der Waals surface area contributed by atoms with Gasteiger partial charge in [0, 0.05) is 12.6 Å². The Morgan fingerprint density at radius 3 is 2.84 bits per heavy atom. The van der Waals surface area contributed by atoms with Crippen LogP contribution >= 0.6 is 0 Å². The van der Waals surface area contributed by atoms with Crippen molar-refractivity contribution < 1.29 is 4.79 Å². The van der Waals surface area contributed by atoms with E-state index in [1.54, 1.807) is 0 Å². The Bertz CT molecular complexity index is 325. The van der Waals surface area contributed by atoms with Gasteiger partial charge in [-0.3, -0.25) is 4.79 Å². The lowest BCUT2D eigenvalue weighted by molar-refractivity contribution is -0.125. The zero-order valence-corrected chi connectivity index (χ0v) is 12.0. The summed E-state index contributed by atoms with van der Waals surface area (Å²) in [5, 5.41) is 3.10. The molecule has 1 saturated carbocycles. The van der Waals surface area contributed by atoms with E-state index >= 15 is 0 Å². The fourth-order valence-corrected chi connectivity index (χ4v) is 3.27. The van der Waals surface area contributed by atoms with Crippen LogP contribution in [0, 0.1) is 5.92 Å². The summed E-state index contributed by atoms with van der Waals surface area (Å²) < 4.78 is 0. The highest BCUT2D eigenvalue weighted by Crippen LogP contribution is 2.23. The molecule has 0 aliphatic heterocycles. The van der Waals surface area contributed by atoms with Crippen LogP contribution in [-0.2, 0) is 4.79 Å². The van der Waals surface area contributed by atoms with Gasteiger partial charge in [-0.2, -0.15) is 0 Å². The monoisotopic (exact) mass is 264 g/mol. The summed E-state index contributed by atoms with van der Waals surface area (Å²) in [6.45, 7) is 0.786. The Hall–Kier alpha value is -0.830. The normalized spacial score (nSPS) is 28.4. The minimum Gasteiger partial charge on any atom is -0.355 e. The highest BCUT2D eigenvalue weighted by Gasteiger charge is 2.26. The highest BCUT2D eigenvalue weighted by atomic mass is 16.1. The molecule has 3 N–H and O–H groups in total. The number of hydrogen-bond donors (Lipinski definition) is 2. The third-order valence-electron chi connectivity index (χ3n) is 4.54. The van der Waals surface area contributed by atoms with Crippen molar-refractivity contribution in [3.8, 4) is 0 Å². The van der Waals surface area contributed by atoms with Gasteiger partial charge in [0.25, 0.3) is 0 Å². The molecule has 2 aliphatic carbocycles. The van der Waals surface area contributed by atoms with Crippen LogP contribution in [0.3, 0.4) is 0 Å². The molecule has 2 unspecified atom stereocenters. The van der Waals surface area contributed by atoms with E-state index in [0.717, 1.165) is 32.2 Å². The van der Waals surface area contributed by atoms with E-state index < -0.39 is 0 Å². The largest absolute Gasteiger partial charge is 0.355 e. The number of nitrogens with two attached hydrogens (primary N) is 1. The Morgan fingerprint density at radius 1 is 1.21 bits per heavy atom. The van der Waals surface area contributed by atoms with Crippen molar-refractivity contribution in [2.45, 2.75) is 70.3 Å². The lowest BCUT2D eigenvalue weighted by atomic mass is 9.94. The number of amides is 1. The van der Waals surface area contributed by atoms with Crippen molar-refractivity contribution >= 4 is 5.91 Å². The van der Waals surface area contributed by atoms with Crippen LogP contribution in [0.2, 0.25) is 0 Å². The maximum absolute atomic E-state index is 12.2. The van der Waals surface area contributed by atoms with Gasteiger partial charge in [0.1, 0.15) is 0 Å². The fraction of sp³-hybridized carbons (Fsp3) is 0.812. The Balaban J connectivity index is 1.72. The molecular weight excluding hydrogens is 236 g/mol. The van der Waals surface area contributed by atoms with E-state index in [-0.39, 0.29) is 17.9 Å². The summed E-state index contributed by atoms with van der Waals surface area (Å²) in [5.74, 6) is 0.230. The quantitative estimate of drug-likeness (QED) is 0.606. The summed E-state index contributed by atoms with van der Waals surface area (Å²) in [4.78, 5) is 12.2. The number of carbonyl (C=O) groups excluding carboxylic acids is 1. The van der Waals surface area contributed by atoms with Gasteiger partial charge in [-0.15, -0.1) is 0 Å². The molecule has 3 heteroatoms. The van der Waals surface area contributed by atoms with Gasteiger partial charge < -0.3 is 11.1 Å². The molecule has 0 aromatic rings. The summed E-state index contributed by atoms with van der Waals surface area (Å²) in [6.07, 6.45) is 14.0. The summed E-state index contributed by atoms with van der Waals surface area (Å²) in [7, 11) is 0. The summed E-state index contributed by atoms with van der Waals surface area (Å²) >= 11 is 0. The van der Waals surface area contributed by atoms with E-state index in [9.17, 15) is 4.79 Å². The van der Waals surface area contributed by atoms with Gasteiger partial charge in [0.2, 0.25) is 5.91 Å². The number of carbonyl (C=O) groups is 1. The predicted octanol–water partition coefficient (Wildman–Crippen LogP) is 2.90. The molecule has 108 valence electrons. The smallest absolute Gasteiger partial charge is 0.224 e. The SMILES string of the molecule is NC1CCCCCC1C(=O)NCCC1=CCCCC1. The molecule has 3 nitrogen and oxygen atoms in total. The van der Waals surface area contributed by atoms with Gasteiger partial charge >= 0.3 is 0 Å². The Labute approximate surface area is 117 Å². The zero-order chi connectivity index (χ0) is 13.5. The minimum atomic E-state index is 0.0443. The molecule has 19 heavy (non-hydrogen) atoms. The predicted molar refractivity (Wildman–Crippen MR) is 78.7 cm³/mol. The molecule has 0 heterocycles. The van der Waals surface area contributed by atoms with Gasteiger partial charge in [0.15, 0.2) is 0 Å². The lowest BCUT2D eigenvalue weighted by Crippen LogP contribution is -2.41. The molecule has 0 aromatic heterocycles. The van der Waals surface area contributed by atoms with Crippen molar-refractivity contribution in [3.63, 3.8) is 0 Å². The van der Waals surface area contributed by atoms with Crippen LogP contribution in [0.1, 0.15) is 64.2 Å². The average Bonchev–Trinajstić information content (AvgIpc) is 2.64. The number of nitrogens with one attached hydrogen (secondary N) is 1. The topological polar surface area (TPSA) is 55.1 Å². The summed E-state index contributed by atoms with van der Waals surface area (Å²) in [6, 6.07) is 0.0661. The maximum atomic E-state index is 12.2. The average molecular weight is 264 g/mol. The maximum Gasteiger partial charge on any atom is 0.224 e. The molecule has 1 fully saturated rings. The van der Waals surface area contributed by atoms with Crippen molar-refractivity contribution in [1.82, 2.24) is 5.32 Å². The summed E-state index contributed by atoms with van der Waals surface area (Å²) in [5.41, 5.74) is 7.65. The third-order valence-corrected chi connectivity index (χ3v) is 4.54. The molecule has 0 saturated heterocycles. The van der Waals surface area contributed by atoms with Crippen molar-refractivity contribution in [2.24, 2.45) is 11.7 Å². The zero-order valence-electron chi connectivity index (χ0n) is 12.0. The van der Waals surface area contributed by atoms with Crippen LogP contribution < -0.4 is 11.1 Å². The highest BCUT2D eigenvalue weighted by molar-refractivity contribution is 5.79. The van der Waals surface area contributed by atoms with Crippen LogP contribution in [0.25, 0.3) is 0 Å². The first-order chi connectivity index (χ1) is 9.27. The third kappa shape index (κ3) is 4.64. The van der Waals surface area contributed by atoms with E-state index in [0.29, 0.717) is 0 Å². The van der Waals surface area contributed by atoms with Gasteiger partial charge in [0.05, 0.1) is 5.92 Å². The van der Waals surface area contributed by atoms with Crippen LogP contribution in [0.4, 0.5) is 0 Å². The minimum absolute atomic E-state index is 0.0443. The van der Waals surface area contributed by atoms with E-state index in [2.05, 4.69) is 11.4 Å². The Morgan fingerprint density at radius 2 is 2.05 bits per heavy atom. The van der Waals surface area contributed by atoms with E-state index in [1.165, 1.54) is 44.1 Å². The molecule has 0 bridgehead atoms. The lowest BCUT2D eigenvalue weighted by Gasteiger charge is -2.21. The molecule has 0 radical (unpaired) electrons. The van der Waals surface area contributed by atoms with Crippen molar-refractivity contribution in [3.05, 3.63) is 11.6 Å². The van der Waals surface area contributed by atoms with Gasteiger partial charge in [-0.25, -0.2) is 0 Å². The van der Waals surface area contributed by atoms with Gasteiger partial charge in [-0.1, -0.05) is 30.9 Å². The van der Waals surface area contributed by atoms with E-state index in [1.807, 2.05) is 0 Å². The first kappa shape index (κ1) is 14.6. The molecule has 2 atom stereocenters. The Kier molecular flexibility index (Phi) is 5.90. The fourth-order valence-electron chi connectivity index (χ4n) is 3.27. The first-order valence-corrected chi connectivity index (χ1v) is 7.98. The van der Waals surface area contributed by atoms with Crippen LogP contribution in [-0.4, -0.2) is 18.5 Å². The van der Waals surface area contributed by atoms with Crippen LogP contribution in [0.5, 0.6) is 0 Å². The molecule has 2 aliphatic rings. The molecule has 2 rings (SSSR count). The van der Waals surface area contributed by atoms with Gasteiger partial charge in [-0.05, 0) is 44.9 Å². The molecule has 0 aromatic carbocycles. The number of rotatable bonds is 4. The second-order valence-electron chi connectivity index (χ2n) is 6.06. The standard InChI is InChI=1S/C16H28N2O/c17-15-10-6-2-5-9-14(15)16(19)18-12-11-13-7-3-1-4-8-13/h7,14-15H,1-6,8-12,17H2,(H,18,19). The second-order valence-corrected chi connectivity index (χ2v) is 6.06. The van der Waals surface area contributed by atoms with E-state index in [4.69, 9.17) is 5.73 Å². The number of hydrogen-bond acceptors (Lipinski definition) is 2. The first-order valence-electron chi connectivity index (χ1n) is 7.98. The number of allylic oxidation sites excluding steroid dienone is 1. The molecular formula is C16H28N2O. The second kappa shape index (κ2) is 7.68. The van der Waals surface area contributed by atoms with Crippen LogP contribution in [0.15, 0.2) is 11.6 Å².